The smallest absolute Gasteiger partial charge is 0.406 e. The van der Waals surface area contributed by atoms with Gasteiger partial charge in [0.15, 0.2) is 0 Å². The van der Waals surface area contributed by atoms with Gasteiger partial charge in [0.05, 0.1) is 6.04 Å². The quantitative estimate of drug-likeness (QED) is 0.867. The molecule has 2 atom stereocenters. The van der Waals surface area contributed by atoms with E-state index >= 15 is 0 Å². The minimum Gasteiger partial charge on any atom is -0.406 e. The summed E-state index contributed by atoms with van der Waals surface area (Å²) in [5.74, 6) is -1.27. The zero-order valence-electron chi connectivity index (χ0n) is 12.3. The molecular formula is C14H16F3N3O3. The average Bonchev–Trinajstić information content (AvgIpc) is 2.78. The molecule has 1 aliphatic heterocycles. The highest BCUT2D eigenvalue weighted by molar-refractivity contribution is 6.01. The molecule has 2 amide bonds. The molecule has 2 rings (SSSR count). The first-order chi connectivity index (χ1) is 10.7. The normalized spacial score (nSPS) is 19.6. The Morgan fingerprint density at radius 3 is 2.78 bits per heavy atom. The fraction of sp³-hybridized carbons (Fsp3) is 0.429. The molecule has 23 heavy (non-hydrogen) atoms. The van der Waals surface area contributed by atoms with Crippen LogP contribution >= 0.6 is 0 Å². The maximum Gasteiger partial charge on any atom is 0.573 e. The molecule has 9 heteroatoms. The van der Waals surface area contributed by atoms with Crippen LogP contribution < -0.4 is 20.7 Å². The van der Waals surface area contributed by atoms with E-state index in [1.54, 1.807) is 0 Å². The third kappa shape index (κ3) is 4.35. The van der Waals surface area contributed by atoms with Crippen LogP contribution in [0.3, 0.4) is 0 Å². The Morgan fingerprint density at radius 1 is 1.48 bits per heavy atom. The van der Waals surface area contributed by atoms with Gasteiger partial charge in [-0.2, -0.15) is 0 Å². The zero-order valence-corrected chi connectivity index (χ0v) is 12.3. The van der Waals surface area contributed by atoms with Crippen molar-refractivity contribution in [3.63, 3.8) is 0 Å². The van der Waals surface area contributed by atoms with Crippen LogP contribution in [0.15, 0.2) is 24.3 Å². The van der Waals surface area contributed by atoms with Crippen LogP contribution in [-0.2, 0) is 9.59 Å². The highest BCUT2D eigenvalue weighted by Gasteiger charge is 2.35. The van der Waals surface area contributed by atoms with Crippen LogP contribution in [0.1, 0.15) is 13.3 Å². The van der Waals surface area contributed by atoms with Gasteiger partial charge in [0.25, 0.3) is 0 Å². The molecule has 0 aromatic heterocycles. The maximum atomic E-state index is 12.3. The monoisotopic (exact) mass is 331 g/mol. The molecule has 126 valence electrons. The number of amides is 2. The van der Waals surface area contributed by atoms with E-state index in [2.05, 4.69) is 10.1 Å². The van der Waals surface area contributed by atoms with E-state index in [0.29, 0.717) is 6.42 Å². The van der Waals surface area contributed by atoms with E-state index in [4.69, 9.17) is 5.73 Å². The van der Waals surface area contributed by atoms with Gasteiger partial charge in [0, 0.05) is 18.3 Å². The number of ether oxygens (including phenoxy) is 1. The SMILES string of the molecule is C[C@H](N)C(=O)NC1CCN(c2cccc(OC(F)(F)F)c2)C1=O. The van der Waals surface area contributed by atoms with Gasteiger partial charge in [-0.25, -0.2) is 0 Å². The Morgan fingerprint density at radius 2 is 2.17 bits per heavy atom. The summed E-state index contributed by atoms with van der Waals surface area (Å²) in [6.45, 7) is 1.77. The second kappa shape index (κ2) is 6.45. The standard InChI is InChI=1S/C14H16F3N3O3/c1-8(18)12(21)19-11-5-6-20(13(11)22)9-3-2-4-10(7-9)23-14(15,16)17/h2-4,7-8,11H,5-6,18H2,1H3,(H,19,21)/t8-,11?/m0/s1. The molecule has 1 saturated heterocycles. The molecule has 0 aliphatic carbocycles. The van der Waals surface area contributed by atoms with Crippen molar-refractivity contribution in [3.8, 4) is 5.75 Å². The number of nitrogens with two attached hydrogens (primary N) is 1. The van der Waals surface area contributed by atoms with Gasteiger partial charge in [0.2, 0.25) is 11.8 Å². The minimum absolute atomic E-state index is 0.272. The fourth-order valence-electron chi connectivity index (χ4n) is 2.22. The number of hydrogen-bond donors (Lipinski definition) is 2. The molecular weight excluding hydrogens is 315 g/mol. The van der Waals surface area contributed by atoms with Gasteiger partial charge < -0.3 is 20.7 Å². The molecule has 3 N–H and O–H groups in total. The number of carbonyl (C=O) groups excluding carboxylic acids is 2. The molecule has 1 aromatic rings. The number of nitrogens with zero attached hydrogens (tertiary/aromatic N) is 1. The molecule has 0 spiro atoms. The number of anilines is 1. The predicted octanol–water partition coefficient (Wildman–Crippen LogP) is 1.15. The topological polar surface area (TPSA) is 84.7 Å². The van der Waals surface area contributed by atoms with Crippen molar-refractivity contribution in [2.75, 3.05) is 11.4 Å². The van der Waals surface area contributed by atoms with Crippen LogP contribution in [0.25, 0.3) is 0 Å². The third-order valence-corrected chi connectivity index (χ3v) is 3.30. The molecule has 1 heterocycles. The summed E-state index contributed by atoms with van der Waals surface area (Å²) >= 11 is 0. The van der Waals surface area contributed by atoms with Gasteiger partial charge in [-0.1, -0.05) is 6.07 Å². The lowest BCUT2D eigenvalue weighted by Crippen LogP contribution is -2.47. The number of benzene rings is 1. The van der Waals surface area contributed by atoms with Crippen LogP contribution in [0.4, 0.5) is 18.9 Å². The Labute approximate surface area is 130 Å². The lowest BCUT2D eigenvalue weighted by atomic mass is 10.2. The first kappa shape index (κ1) is 17.1. The zero-order chi connectivity index (χ0) is 17.2. The van der Waals surface area contributed by atoms with Gasteiger partial charge in [-0.15, -0.1) is 13.2 Å². The second-order valence-electron chi connectivity index (χ2n) is 5.17. The van der Waals surface area contributed by atoms with Crippen LogP contribution in [-0.4, -0.2) is 36.8 Å². The Bertz CT molecular complexity index is 604. The van der Waals surface area contributed by atoms with Crippen molar-refractivity contribution in [2.24, 2.45) is 5.73 Å². The van der Waals surface area contributed by atoms with Gasteiger partial charge >= 0.3 is 6.36 Å². The van der Waals surface area contributed by atoms with Crippen molar-refractivity contribution in [1.29, 1.82) is 0 Å². The Kier molecular flexibility index (Phi) is 4.79. The summed E-state index contributed by atoms with van der Waals surface area (Å²) in [4.78, 5) is 25.1. The van der Waals surface area contributed by atoms with Gasteiger partial charge in [-0.3, -0.25) is 9.59 Å². The maximum absolute atomic E-state index is 12.3. The van der Waals surface area contributed by atoms with E-state index in [-0.39, 0.29) is 12.2 Å². The number of halogens is 3. The summed E-state index contributed by atoms with van der Waals surface area (Å²) in [5.41, 5.74) is 5.70. The van der Waals surface area contributed by atoms with Gasteiger partial charge in [0.1, 0.15) is 11.8 Å². The molecule has 1 aromatic carbocycles. The second-order valence-corrected chi connectivity index (χ2v) is 5.17. The van der Waals surface area contributed by atoms with E-state index < -0.39 is 36.0 Å². The molecule has 0 saturated carbocycles. The number of rotatable bonds is 4. The predicted molar refractivity (Wildman–Crippen MR) is 75.7 cm³/mol. The Hall–Kier alpha value is -2.29. The first-order valence-electron chi connectivity index (χ1n) is 6.90. The number of carbonyl (C=O) groups is 2. The summed E-state index contributed by atoms with van der Waals surface area (Å²) in [6, 6.07) is 3.64. The number of alkyl halides is 3. The van der Waals surface area contributed by atoms with E-state index in [9.17, 15) is 22.8 Å². The molecule has 1 aliphatic rings. The van der Waals surface area contributed by atoms with Crippen LogP contribution in [0.5, 0.6) is 5.75 Å². The first-order valence-corrected chi connectivity index (χ1v) is 6.90. The molecule has 0 bridgehead atoms. The molecule has 0 radical (unpaired) electrons. The van der Waals surface area contributed by atoms with Crippen LogP contribution in [0.2, 0.25) is 0 Å². The largest absolute Gasteiger partial charge is 0.573 e. The van der Waals surface area contributed by atoms with Crippen LogP contribution in [0, 0.1) is 0 Å². The van der Waals surface area contributed by atoms with Gasteiger partial charge in [-0.05, 0) is 25.5 Å². The number of nitrogens with one attached hydrogen (secondary N) is 1. The molecule has 6 nitrogen and oxygen atoms in total. The fourth-order valence-corrected chi connectivity index (χ4v) is 2.22. The third-order valence-electron chi connectivity index (χ3n) is 3.30. The van der Waals surface area contributed by atoms with Crippen molar-refractivity contribution < 1.29 is 27.5 Å². The summed E-state index contributed by atoms with van der Waals surface area (Å²) in [7, 11) is 0. The van der Waals surface area contributed by atoms with Crippen molar-refractivity contribution in [3.05, 3.63) is 24.3 Å². The molecule has 1 fully saturated rings. The minimum atomic E-state index is -4.80. The van der Waals surface area contributed by atoms with Crippen molar-refractivity contribution in [2.45, 2.75) is 31.8 Å². The van der Waals surface area contributed by atoms with Crippen molar-refractivity contribution in [1.82, 2.24) is 5.32 Å². The summed E-state index contributed by atoms with van der Waals surface area (Å²) in [5, 5.41) is 2.51. The highest BCUT2D eigenvalue weighted by Crippen LogP contribution is 2.29. The average molecular weight is 331 g/mol. The van der Waals surface area contributed by atoms with E-state index in [1.165, 1.54) is 24.0 Å². The van der Waals surface area contributed by atoms with E-state index in [1.807, 2.05) is 0 Å². The summed E-state index contributed by atoms with van der Waals surface area (Å²) in [6.07, 6.45) is -4.46. The lowest BCUT2D eigenvalue weighted by Gasteiger charge is -2.19. The van der Waals surface area contributed by atoms with Crippen molar-refractivity contribution >= 4 is 17.5 Å². The lowest BCUT2D eigenvalue weighted by molar-refractivity contribution is -0.274. The number of hydrogen-bond acceptors (Lipinski definition) is 4. The Balaban J connectivity index is 2.10. The molecule has 1 unspecified atom stereocenters. The highest BCUT2D eigenvalue weighted by atomic mass is 19.4. The summed E-state index contributed by atoms with van der Waals surface area (Å²) < 4.78 is 40.6. The van der Waals surface area contributed by atoms with E-state index in [0.717, 1.165) is 12.1 Å².